The molecule has 0 aliphatic heterocycles. The zero-order valence-corrected chi connectivity index (χ0v) is 19.8. The number of ether oxygens (including phenoxy) is 1. The average molecular weight is 422 g/mol. The second-order valence-corrected chi connectivity index (χ2v) is 10.0. The van der Waals surface area contributed by atoms with E-state index in [0.29, 0.717) is 23.8 Å². The van der Waals surface area contributed by atoms with E-state index in [2.05, 4.69) is 50.1 Å². The summed E-state index contributed by atoms with van der Waals surface area (Å²) in [5.74, 6) is 1.92. The number of rotatable bonds is 5. The summed E-state index contributed by atoms with van der Waals surface area (Å²) in [6.07, 6.45) is 7.02. The van der Waals surface area contributed by atoms with Crippen LogP contribution in [0.1, 0.15) is 85.5 Å². The van der Waals surface area contributed by atoms with Gasteiger partial charge >= 0.3 is 0 Å². The number of nitrogens with one attached hydrogen (secondary N) is 1. The fourth-order valence-electron chi connectivity index (χ4n) is 6.11. The van der Waals surface area contributed by atoms with E-state index >= 15 is 0 Å². The summed E-state index contributed by atoms with van der Waals surface area (Å²) in [5, 5.41) is 3.04. The van der Waals surface area contributed by atoms with Gasteiger partial charge in [-0.05, 0) is 67.3 Å². The molecule has 2 aliphatic carbocycles. The van der Waals surface area contributed by atoms with Gasteiger partial charge in [-0.2, -0.15) is 0 Å². The van der Waals surface area contributed by atoms with Gasteiger partial charge in [0.2, 0.25) is 0 Å². The molecule has 0 saturated heterocycles. The van der Waals surface area contributed by atoms with Gasteiger partial charge in [0.25, 0.3) is 5.91 Å². The summed E-state index contributed by atoms with van der Waals surface area (Å²) in [4.78, 5) is 22.2. The number of carbonyl (C=O) groups excluding carboxylic acids is 1. The summed E-state index contributed by atoms with van der Waals surface area (Å²) in [6, 6.07) is 4.21. The van der Waals surface area contributed by atoms with Crippen LogP contribution < -0.4 is 10.1 Å². The largest absolute Gasteiger partial charge is 0.496 e. The Kier molecular flexibility index (Phi) is 5.57. The first kappa shape index (κ1) is 21.8. The van der Waals surface area contributed by atoms with Gasteiger partial charge in [-0.3, -0.25) is 4.79 Å². The Bertz CT molecular complexity index is 1010. The molecule has 5 heteroatoms. The van der Waals surface area contributed by atoms with Crippen molar-refractivity contribution < 1.29 is 9.53 Å². The molecule has 1 aromatic heterocycles. The predicted molar refractivity (Wildman–Crippen MR) is 123 cm³/mol. The number of benzene rings is 1. The van der Waals surface area contributed by atoms with Crippen LogP contribution in [0.3, 0.4) is 0 Å². The molecule has 31 heavy (non-hydrogen) atoms. The van der Waals surface area contributed by atoms with Crippen molar-refractivity contribution in [1.82, 2.24) is 15.3 Å². The molecule has 1 unspecified atom stereocenters. The van der Waals surface area contributed by atoms with Gasteiger partial charge in [0.05, 0.1) is 18.4 Å². The van der Waals surface area contributed by atoms with Gasteiger partial charge in [0, 0.05) is 23.6 Å². The lowest BCUT2D eigenvalue weighted by Crippen LogP contribution is -2.52. The topological polar surface area (TPSA) is 64.1 Å². The molecule has 1 amide bonds. The highest BCUT2D eigenvalue weighted by atomic mass is 16.5. The summed E-state index contributed by atoms with van der Waals surface area (Å²) < 4.78 is 5.72. The Morgan fingerprint density at radius 3 is 2.74 bits per heavy atom. The molecule has 0 radical (unpaired) electrons. The highest BCUT2D eigenvalue weighted by Gasteiger charge is 2.53. The van der Waals surface area contributed by atoms with Gasteiger partial charge in [-0.1, -0.05) is 34.1 Å². The number of aryl methyl sites for hydroxylation is 2. The summed E-state index contributed by atoms with van der Waals surface area (Å²) in [7, 11) is 1.66. The molecule has 2 aliphatic rings. The van der Waals surface area contributed by atoms with Gasteiger partial charge in [-0.15, -0.1) is 0 Å². The van der Waals surface area contributed by atoms with Crippen LogP contribution in [0.2, 0.25) is 0 Å². The fourth-order valence-corrected chi connectivity index (χ4v) is 6.11. The molecule has 0 bridgehead atoms. The minimum atomic E-state index is -0.0484. The maximum Gasteiger partial charge on any atom is 0.255 e. The van der Waals surface area contributed by atoms with Crippen LogP contribution in [0.25, 0.3) is 0 Å². The number of carbonyl (C=O) groups is 1. The van der Waals surface area contributed by atoms with Crippen molar-refractivity contribution in [2.24, 2.45) is 5.92 Å². The van der Waals surface area contributed by atoms with Gasteiger partial charge in [0.15, 0.2) is 0 Å². The van der Waals surface area contributed by atoms with Crippen molar-refractivity contribution >= 4 is 5.91 Å². The third-order valence-electron chi connectivity index (χ3n) is 7.60. The predicted octanol–water partition coefficient (Wildman–Crippen LogP) is 4.68. The molecule has 5 nitrogen and oxygen atoms in total. The zero-order chi connectivity index (χ0) is 22.4. The van der Waals surface area contributed by atoms with E-state index in [4.69, 9.17) is 9.72 Å². The van der Waals surface area contributed by atoms with E-state index in [1.54, 1.807) is 7.11 Å². The molecule has 166 valence electrons. The number of nitrogens with zero attached hydrogens (tertiary/aromatic N) is 2. The van der Waals surface area contributed by atoms with Crippen molar-refractivity contribution in [1.29, 1.82) is 0 Å². The lowest BCUT2D eigenvalue weighted by atomic mass is 9.50. The Morgan fingerprint density at radius 1 is 1.26 bits per heavy atom. The molecular formula is C26H35N3O2. The molecule has 4 rings (SSSR count). The highest BCUT2D eigenvalue weighted by molar-refractivity contribution is 5.97. The fraction of sp³-hybridized carbons (Fsp3) is 0.577. The molecule has 0 spiro atoms. The standard InChI is InChI=1S/C26H35N3O2/c1-7-8-11-27-24(30)19-12-17-9-10-22-25(3,4)23-18(15-28-16(2)29-23)14-26(22,5)20(17)13-21(19)31-6/h12-13,15,22H,7-11,14H2,1-6H3,(H,27,30)/t22?,26-/m1/s1. The lowest BCUT2D eigenvalue weighted by Gasteiger charge is -2.54. The molecule has 1 heterocycles. The minimum Gasteiger partial charge on any atom is -0.496 e. The van der Waals surface area contributed by atoms with Crippen molar-refractivity contribution in [3.8, 4) is 5.75 Å². The van der Waals surface area contributed by atoms with E-state index < -0.39 is 0 Å². The van der Waals surface area contributed by atoms with Crippen LogP contribution in [0, 0.1) is 12.8 Å². The van der Waals surface area contributed by atoms with Crippen molar-refractivity contribution in [2.45, 2.75) is 77.6 Å². The molecule has 0 fully saturated rings. The SMILES string of the molecule is CCCCNC(=O)c1cc2c(cc1OC)[C@@]1(C)Cc3cnc(C)nc3C(C)(C)C1CC2. The maximum atomic E-state index is 12.8. The second-order valence-electron chi connectivity index (χ2n) is 10.0. The summed E-state index contributed by atoms with van der Waals surface area (Å²) in [6.45, 7) is 11.8. The first-order valence-corrected chi connectivity index (χ1v) is 11.5. The zero-order valence-electron chi connectivity index (χ0n) is 19.8. The Morgan fingerprint density at radius 2 is 2.03 bits per heavy atom. The van der Waals surface area contributed by atoms with Crippen LogP contribution in [0.4, 0.5) is 0 Å². The van der Waals surface area contributed by atoms with Crippen LogP contribution in [-0.4, -0.2) is 29.5 Å². The van der Waals surface area contributed by atoms with Crippen LogP contribution in [0.5, 0.6) is 5.75 Å². The number of aromatic nitrogens is 2. The lowest BCUT2D eigenvalue weighted by molar-refractivity contribution is 0.0949. The molecule has 0 saturated carbocycles. The Hall–Kier alpha value is -2.43. The third kappa shape index (κ3) is 3.52. The number of fused-ring (bicyclic) bond motifs is 4. The normalized spacial score (nSPS) is 23.4. The van der Waals surface area contributed by atoms with Gasteiger partial charge < -0.3 is 10.1 Å². The number of methoxy groups -OCH3 is 1. The van der Waals surface area contributed by atoms with Crippen LogP contribution in [0.15, 0.2) is 18.3 Å². The quantitative estimate of drug-likeness (QED) is 0.712. The molecule has 2 aromatic rings. The van der Waals surface area contributed by atoms with E-state index in [1.165, 1.54) is 22.4 Å². The monoisotopic (exact) mass is 421 g/mol. The number of unbranched alkanes of at least 4 members (excludes halogenated alkanes) is 1. The number of amides is 1. The van der Waals surface area contributed by atoms with Crippen molar-refractivity contribution in [2.75, 3.05) is 13.7 Å². The number of hydrogen-bond donors (Lipinski definition) is 1. The van der Waals surface area contributed by atoms with Crippen LogP contribution in [-0.2, 0) is 23.7 Å². The van der Waals surface area contributed by atoms with Gasteiger partial charge in [0.1, 0.15) is 11.6 Å². The van der Waals surface area contributed by atoms with Crippen molar-refractivity contribution in [3.63, 3.8) is 0 Å². The average Bonchev–Trinajstić information content (AvgIpc) is 2.73. The van der Waals surface area contributed by atoms with E-state index in [1.807, 2.05) is 13.1 Å². The summed E-state index contributed by atoms with van der Waals surface area (Å²) in [5.41, 5.74) is 5.57. The highest BCUT2D eigenvalue weighted by Crippen LogP contribution is 2.56. The van der Waals surface area contributed by atoms with Crippen LogP contribution >= 0.6 is 0 Å². The molecule has 2 atom stereocenters. The van der Waals surface area contributed by atoms with Crippen molar-refractivity contribution in [3.05, 3.63) is 52.1 Å². The molecule has 1 N–H and O–H groups in total. The van der Waals surface area contributed by atoms with E-state index in [9.17, 15) is 4.79 Å². The molecule has 1 aromatic carbocycles. The maximum absolute atomic E-state index is 12.8. The first-order valence-electron chi connectivity index (χ1n) is 11.5. The Balaban J connectivity index is 1.78. The first-order chi connectivity index (χ1) is 14.7. The smallest absolute Gasteiger partial charge is 0.255 e. The van der Waals surface area contributed by atoms with E-state index in [-0.39, 0.29) is 16.7 Å². The minimum absolute atomic E-state index is 0.0430. The van der Waals surface area contributed by atoms with E-state index in [0.717, 1.165) is 37.9 Å². The third-order valence-corrected chi connectivity index (χ3v) is 7.60. The second kappa shape index (κ2) is 7.92. The Labute approximate surface area is 186 Å². The number of hydrogen-bond acceptors (Lipinski definition) is 4. The molecular weight excluding hydrogens is 386 g/mol. The summed E-state index contributed by atoms with van der Waals surface area (Å²) >= 11 is 0. The van der Waals surface area contributed by atoms with Gasteiger partial charge in [-0.25, -0.2) is 9.97 Å².